The van der Waals surface area contributed by atoms with Gasteiger partial charge in [0, 0.05) is 12.4 Å². The third-order valence-electron chi connectivity index (χ3n) is 2.98. The highest BCUT2D eigenvalue weighted by atomic mass is 14.6. The van der Waals surface area contributed by atoms with Gasteiger partial charge < -0.3 is 0 Å². The van der Waals surface area contributed by atoms with Gasteiger partial charge in [-0.15, -0.1) is 6.58 Å². The normalized spacial score (nSPS) is 9.38. The van der Waals surface area contributed by atoms with Crippen molar-refractivity contribution in [3.63, 3.8) is 0 Å². The second kappa shape index (κ2) is 7.81. The molecule has 0 aliphatic rings. The summed E-state index contributed by atoms with van der Waals surface area (Å²) in [5, 5.41) is 0. The number of rotatable bonds is 2. The monoisotopic (exact) mass is 273 g/mol. The molecular weight excluding hydrogens is 254 g/mol. The van der Waals surface area contributed by atoms with Crippen molar-refractivity contribution >= 4 is 0 Å². The minimum atomic E-state index is 1.20. The lowest BCUT2D eigenvalue weighted by Crippen LogP contribution is -1.81. The van der Waals surface area contributed by atoms with Crippen LogP contribution in [0.25, 0.3) is 22.3 Å². The maximum atomic E-state index is 4.05. The van der Waals surface area contributed by atoms with Gasteiger partial charge in [-0.25, -0.2) is 0 Å². The molecule has 0 radical (unpaired) electrons. The van der Waals surface area contributed by atoms with Gasteiger partial charge in [0.1, 0.15) is 0 Å². The Bertz CT molecular complexity index is 618. The zero-order valence-corrected chi connectivity index (χ0v) is 12.2. The highest BCUT2D eigenvalue weighted by Crippen LogP contribution is 2.25. The third kappa shape index (κ3) is 4.15. The fourth-order valence-electron chi connectivity index (χ4n) is 2.05. The average Bonchev–Trinajstić information content (AvgIpc) is 2.57. The molecule has 0 saturated heterocycles. The van der Waals surface area contributed by atoms with Crippen LogP contribution in [0.1, 0.15) is 6.92 Å². The summed E-state index contributed by atoms with van der Waals surface area (Å²) in [6, 6.07) is 23.1. The van der Waals surface area contributed by atoms with Crippen LogP contribution < -0.4 is 0 Å². The Hall–Kier alpha value is -2.67. The fraction of sp³-hybridized carbons (Fsp3) is 0.0500. The Morgan fingerprint density at radius 1 is 0.714 bits per heavy atom. The third-order valence-corrected chi connectivity index (χ3v) is 2.98. The number of nitrogens with zero attached hydrogens (tertiary/aromatic N) is 1. The van der Waals surface area contributed by atoms with Gasteiger partial charge in [-0.1, -0.05) is 54.6 Å². The highest BCUT2D eigenvalue weighted by molar-refractivity contribution is 5.72. The van der Waals surface area contributed by atoms with E-state index in [1.54, 1.807) is 6.08 Å². The number of aromatic nitrogens is 1. The number of benzene rings is 2. The molecule has 0 aliphatic heterocycles. The molecule has 1 heterocycles. The number of hydrogen-bond acceptors (Lipinski definition) is 1. The Morgan fingerprint density at radius 3 is 1.76 bits per heavy atom. The molecule has 0 saturated carbocycles. The zero-order chi connectivity index (χ0) is 14.9. The summed E-state index contributed by atoms with van der Waals surface area (Å²) < 4.78 is 0. The second-order valence-electron chi connectivity index (χ2n) is 4.59. The lowest BCUT2D eigenvalue weighted by molar-refractivity contribution is 1.33. The van der Waals surface area contributed by atoms with E-state index >= 15 is 0 Å². The molecule has 0 atom stereocenters. The lowest BCUT2D eigenvalue weighted by atomic mass is 10.00. The largest absolute Gasteiger partial charge is 0.265 e. The van der Waals surface area contributed by atoms with E-state index in [2.05, 4.69) is 60.1 Å². The van der Waals surface area contributed by atoms with Crippen molar-refractivity contribution in [2.24, 2.45) is 0 Å². The van der Waals surface area contributed by atoms with Crippen LogP contribution in [0.5, 0.6) is 0 Å². The lowest BCUT2D eigenvalue weighted by Gasteiger charge is -2.05. The van der Waals surface area contributed by atoms with Crippen molar-refractivity contribution in [2.45, 2.75) is 6.92 Å². The predicted octanol–water partition coefficient (Wildman–Crippen LogP) is 5.61. The molecule has 3 aromatic rings. The first-order chi connectivity index (χ1) is 10.3. The van der Waals surface area contributed by atoms with Gasteiger partial charge in [0.25, 0.3) is 0 Å². The van der Waals surface area contributed by atoms with Gasteiger partial charge >= 0.3 is 0 Å². The van der Waals surface area contributed by atoms with E-state index < -0.39 is 0 Å². The molecule has 21 heavy (non-hydrogen) atoms. The molecule has 0 spiro atoms. The van der Waals surface area contributed by atoms with Crippen LogP contribution in [-0.2, 0) is 0 Å². The van der Waals surface area contributed by atoms with E-state index in [1.165, 1.54) is 22.3 Å². The molecule has 0 amide bonds. The maximum Gasteiger partial charge on any atom is 0.0273 e. The first kappa shape index (κ1) is 14.7. The fourth-order valence-corrected chi connectivity index (χ4v) is 2.05. The van der Waals surface area contributed by atoms with E-state index in [4.69, 9.17) is 0 Å². The van der Waals surface area contributed by atoms with Gasteiger partial charge in [-0.05, 0) is 47.4 Å². The molecule has 1 heteroatoms. The van der Waals surface area contributed by atoms with E-state index in [-0.39, 0.29) is 0 Å². The van der Waals surface area contributed by atoms with Crippen LogP contribution >= 0.6 is 0 Å². The van der Waals surface area contributed by atoms with Gasteiger partial charge in [-0.3, -0.25) is 4.98 Å². The van der Waals surface area contributed by atoms with Crippen molar-refractivity contribution in [1.82, 2.24) is 4.98 Å². The minimum Gasteiger partial charge on any atom is -0.265 e. The highest BCUT2D eigenvalue weighted by Gasteiger charge is 2.00. The second-order valence-corrected chi connectivity index (χ2v) is 4.59. The van der Waals surface area contributed by atoms with Crippen LogP contribution in [0.2, 0.25) is 0 Å². The Kier molecular flexibility index (Phi) is 5.48. The quantitative estimate of drug-likeness (QED) is 0.553. The van der Waals surface area contributed by atoms with Crippen LogP contribution in [-0.4, -0.2) is 4.98 Å². The van der Waals surface area contributed by atoms with Crippen molar-refractivity contribution < 1.29 is 0 Å². The van der Waals surface area contributed by atoms with E-state index in [9.17, 15) is 0 Å². The van der Waals surface area contributed by atoms with Gasteiger partial charge in [0.15, 0.2) is 0 Å². The molecule has 0 bridgehead atoms. The smallest absolute Gasteiger partial charge is 0.0273 e. The molecule has 0 unspecified atom stereocenters. The number of hydrogen-bond donors (Lipinski definition) is 0. The molecule has 104 valence electrons. The van der Waals surface area contributed by atoms with Crippen molar-refractivity contribution in [3.05, 3.63) is 91.8 Å². The van der Waals surface area contributed by atoms with Crippen molar-refractivity contribution in [1.29, 1.82) is 0 Å². The Morgan fingerprint density at radius 2 is 1.19 bits per heavy atom. The number of allylic oxidation sites excluding steroid dienone is 1. The van der Waals surface area contributed by atoms with E-state index in [0.717, 1.165) is 0 Å². The first-order valence-electron chi connectivity index (χ1n) is 6.98. The van der Waals surface area contributed by atoms with Crippen LogP contribution in [0.4, 0.5) is 0 Å². The van der Waals surface area contributed by atoms with Crippen LogP contribution in [0.15, 0.2) is 91.8 Å². The first-order valence-corrected chi connectivity index (χ1v) is 6.98. The summed E-state index contributed by atoms with van der Waals surface area (Å²) in [6.07, 6.45) is 5.40. The average molecular weight is 273 g/mol. The summed E-state index contributed by atoms with van der Waals surface area (Å²) in [7, 11) is 0. The minimum absolute atomic E-state index is 1.20. The van der Waals surface area contributed by atoms with Crippen LogP contribution in [0, 0.1) is 0 Å². The van der Waals surface area contributed by atoms with Gasteiger partial charge in [-0.2, -0.15) is 0 Å². The molecular formula is C20H19N. The molecule has 1 aromatic heterocycles. The van der Waals surface area contributed by atoms with Crippen LogP contribution in [0.3, 0.4) is 0 Å². The zero-order valence-electron chi connectivity index (χ0n) is 12.2. The predicted molar refractivity (Wildman–Crippen MR) is 91.0 cm³/mol. The van der Waals surface area contributed by atoms with E-state index in [0.29, 0.717) is 0 Å². The maximum absolute atomic E-state index is 4.05. The summed E-state index contributed by atoms with van der Waals surface area (Å²) >= 11 is 0. The van der Waals surface area contributed by atoms with Crippen molar-refractivity contribution in [3.8, 4) is 22.3 Å². The topological polar surface area (TPSA) is 12.9 Å². The summed E-state index contributed by atoms with van der Waals surface area (Å²) in [4.78, 5) is 4.05. The Balaban J connectivity index is 0.000000497. The molecule has 2 aromatic carbocycles. The SMILES string of the molecule is C=CC.c1ccc(-c2cccc(-c3ccncc3)c2)cc1. The Labute approximate surface area is 126 Å². The van der Waals surface area contributed by atoms with Gasteiger partial charge in [0.05, 0.1) is 0 Å². The molecule has 3 rings (SSSR count). The molecule has 0 aliphatic carbocycles. The standard InChI is InChI=1S/C17H13N.C3H6/c1-2-5-14(6-3-1)16-7-4-8-17(13-16)15-9-11-18-12-10-15;1-3-2/h1-13H;3H,1H2,2H3. The molecule has 0 fully saturated rings. The summed E-state index contributed by atoms with van der Waals surface area (Å²) in [5.41, 5.74) is 4.90. The molecule has 0 N–H and O–H groups in total. The van der Waals surface area contributed by atoms with Crippen molar-refractivity contribution in [2.75, 3.05) is 0 Å². The number of pyridine rings is 1. The van der Waals surface area contributed by atoms with Gasteiger partial charge in [0.2, 0.25) is 0 Å². The summed E-state index contributed by atoms with van der Waals surface area (Å²) in [5.74, 6) is 0. The van der Waals surface area contributed by atoms with E-state index in [1.807, 2.05) is 37.5 Å². The summed E-state index contributed by atoms with van der Waals surface area (Å²) in [6.45, 7) is 5.25. The molecule has 1 nitrogen and oxygen atoms in total.